The monoisotopic (exact) mass is 203 g/mol. The summed E-state index contributed by atoms with van der Waals surface area (Å²) in [6.07, 6.45) is 1.03. The molecule has 1 unspecified atom stereocenters. The summed E-state index contributed by atoms with van der Waals surface area (Å²) in [7, 11) is 0. The molecule has 1 heterocycles. The molecule has 1 aliphatic heterocycles. The number of hydrogen-bond donors (Lipinski definition) is 1. The Hall–Kier alpha value is -0.160. The smallest absolute Gasteiger partial charge is 0.0644 e. The Kier molecular flexibility index (Phi) is 6.10. The molecule has 0 amide bonds. The maximum absolute atomic E-state index is 9.11. The second-order valence-corrected chi connectivity index (χ2v) is 3.50. The first-order chi connectivity index (χ1) is 6.88. The van der Waals surface area contributed by atoms with Gasteiger partial charge in [0, 0.05) is 26.3 Å². The first kappa shape index (κ1) is 11.9. The van der Waals surface area contributed by atoms with Gasteiger partial charge in [-0.25, -0.2) is 0 Å². The molecule has 0 aromatic carbocycles. The number of hydrogen-bond acceptors (Lipinski definition) is 4. The average Bonchev–Trinajstić information content (AvgIpc) is 2.25. The Balaban J connectivity index is 2.13. The van der Waals surface area contributed by atoms with Gasteiger partial charge >= 0.3 is 0 Å². The van der Waals surface area contributed by atoms with E-state index in [4.69, 9.17) is 14.6 Å². The predicted molar refractivity (Wildman–Crippen MR) is 54.4 cm³/mol. The normalized spacial score (nSPS) is 24.0. The van der Waals surface area contributed by atoms with Gasteiger partial charge in [0.15, 0.2) is 0 Å². The summed E-state index contributed by atoms with van der Waals surface area (Å²) in [5, 5.41) is 9.11. The van der Waals surface area contributed by atoms with Crippen molar-refractivity contribution in [3.63, 3.8) is 0 Å². The summed E-state index contributed by atoms with van der Waals surface area (Å²) in [6.45, 7) is 7.15. The van der Waals surface area contributed by atoms with Crippen LogP contribution in [0.3, 0.4) is 0 Å². The van der Waals surface area contributed by atoms with Crippen molar-refractivity contribution < 1.29 is 14.6 Å². The van der Waals surface area contributed by atoms with Crippen molar-refractivity contribution in [3.05, 3.63) is 0 Å². The van der Waals surface area contributed by atoms with Crippen molar-refractivity contribution in [2.45, 2.75) is 19.4 Å². The molecule has 1 fully saturated rings. The highest BCUT2D eigenvalue weighted by atomic mass is 16.5. The van der Waals surface area contributed by atoms with Gasteiger partial charge in [0.2, 0.25) is 0 Å². The fourth-order valence-corrected chi connectivity index (χ4v) is 1.67. The quantitative estimate of drug-likeness (QED) is 0.622. The second-order valence-electron chi connectivity index (χ2n) is 3.50. The molecule has 0 aromatic heterocycles. The van der Waals surface area contributed by atoms with Gasteiger partial charge in [-0.15, -0.1) is 0 Å². The largest absolute Gasteiger partial charge is 0.395 e. The van der Waals surface area contributed by atoms with Gasteiger partial charge in [0.25, 0.3) is 0 Å². The maximum atomic E-state index is 9.11. The zero-order chi connectivity index (χ0) is 10.2. The first-order valence-corrected chi connectivity index (χ1v) is 5.39. The summed E-state index contributed by atoms with van der Waals surface area (Å²) in [5.74, 6) is 0. The Morgan fingerprint density at radius 2 is 2.43 bits per heavy atom. The van der Waals surface area contributed by atoms with Crippen molar-refractivity contribution in [1.82, 2.24) is 4.90 Å². The van der Waals surface area contributed by atoms with Crippen LogP contribution in [0.1, 0.15) is 13.3 Å². The van der Waals surface area contributed by atoms with E-state index in [9.17, 15) is 0 Å². The van der Waals surface area contributed by atoms with Gasteiger partial charge in [-0.05, 0) is 13.3 Å². The van der Waals surface area contributed by atoms with Crippen molar-refractivity contribution in [2.75, 3.05) is 46.1 Å². The fraction of sp³-hybridized carbons (Fsp3) is 1.00. The summed E-state index contributed by atoms with van der Waals surface area (Å²) in [6, 6.07) is 0.186. The number of morpholine rings is 1. The number of nitrogens with zero attached hydrogens (tertiary/aromatic N) is 1. The third-order valence-electron chi connectivity index (χ3n) is 2.50. The van der Waals surface area contributed by atoms with E-state index < -0.39 is 0 Å². The maximum Gasteiger partial charge on any atom is 0.0644 e. The number of rotatable bonds is 6. The summed E-state index contributed by atoms with van der Waals surface area (Å²) < 4.78 is 10.6. The Bertz CT molecular complexity index is 143. The lowest BCUT2D eigenvalue weighted by Gasteiger charge is -2.34. The molecule has 4 heteroatoms. The summed E-state index contributed by atoms with van der Waals surface area (Å²) in [5.41, 5.74) is 0. The van der Waals surface area contributed by atoms with Crippen LogP contribution in [0.25, 0.3) is 0 Å². The van der Waals surface area contributed by atoms with Gasteiger partial charge in [0.1, 0.15) is 0 Å². The first-order valence-electron chi connectivity index (χ1n) is 5.39. The van der Waals surface area contributed by atoms with Crippen LogP contribution in [-0.4, -0.2) is 62.2 Å². The third kappa shape index (κ3) is 3.92. The number of aliphatic hydroxyl groups excluding tert-OH is 1. The highest BCUT2D eigenvalue weighted by molar-refractivity contribution is 4.73. The summed E-state index contributed by atoms with van der Waals surface area (Å²) >= 11 is 0. The van der Waals surface area contributed by atoms with E-state index in [0.29, 0.717) is 6.61 Å². The van der Waals surface area contributed by atoms with Gasteiger partial charge in [-0.1, -0.05) is 0 Å². The van der Waals surface area contributed by atoms with Crippen LogP contribution >= 0.6 is 0 Å². The van der Waals surface area contributed by atoms with Gasteiger partial charge in [0.05, 0.1) is 25.9 Å². The fourth-order valence-electron chi connectivity index (χ4n) is 1.67. The number of aliphatic hydroxyl groups is 1. The SMILES string of the molecule is CCOCCCN1CCOCC1CO. The van der Waals surface area contributed by atoms with E-state index >= 15 is 0 Å². The molecule has 0 aliphatic carbocycles. The minimum atomic E-state index is 0.186. The van der Waals surface area contributed by atoms with Crippen LogP contribution in [0.4, 0.5) is 0 Å². The van der Waals surface area contributed by atoms with Crippen LogP contribution in [-0.2, 0) is 9.47 Å². The van der Waals surface area contributed by atoms with E-state index in [-0.39, 0.29) is 12.6 Å². The predicted octanol–water partition coefficient (Wildman–Crippen LogP) is 0.106. The zero-order valence-corrected chi connectivity index (χ0v) is 8.95. The standard InChI is InChI=1S/C10H21NO3/c1-2-13-6-3-4-11-5-7-14-9-10(11)8-12/h10,12H,2-9H2,1H3. The van der Waals surface area contributed by atoms with Crippen LogP contribution in [0.5, 0.6) is 0 Å². The van der Waals surface area contributed by atoms with Crippen LogP contribution in [0.15, 0.2) is 0 Å². The molecule has 1 atom stereocenters. The van der Waals surface area contributed by atoms with Gasteiger partial charge in [-0.2, -0.15) is 0 Å². The lowest BCUT2D eigenvalue weighted by Crippen LogP contribution is -2.47. The van der Waals surface area contributed by atoms with E-state index in [1.54, 1.807) is 0 Å². The lowest BCUT2D eigenvalue weighted by molar-refractivity contribution is -0.0302. The molecule has 0 radical (unpaired) electrons. The van der Waals surface area contributed by atoms with E-state index in [1.165, 1.54) is 0 Å². The molecule has 1 saturated heterocycles. The zero-order valence-electron chi connectivity index (χ0n) is 8.95. The average molecular weight is 203 g/mol. The molecule has 84 valence electrons. The van der Waals surface area contributed by atoms with E-state index in [0.717, 1.165) is 39.3 Å². The van der Waals surface area contributed by atoms with Gasteiger partial charge in [-0.3, -0.25) is 4.90 Å². The Morgan fingerprint density at radius 3 is 3.14 bits per heavy atom. The molecule has 1 rings (SSSR count). The number of ether oxygens (including phenoxy) is 2. The highest BCUT2D eigenvalue weighted by Crippen LogP contribution is 2.06. The highest BCUT2D eigenvalue weighted by Gasteiger charge is 2.21. The van der Waals surface area contributed by atoms with Crippen LogP contribution in [0.2, 0.25) is 0 Å². The van der Waals surface area contributed by atoms with E-state index in [2.05, 4.69) is 4.90 Å². The molecule has 1 N–H and O–H groups in total. The lowest BCUT2D eigenvalue weighted by atomic mass is 10.2. The van der Waals surface area contributed by atoms with Crippen LogP contribution < -0.4 is 0 Å². The molecule has 1 aliphatic rings. The molecule has 0 bridgehead atoms. The minimum Gasteiger partial charge on any atom is -0.395 e. The molecular weight excluding hydrogens is 182 g/mol. The second kappa shape index (κ2) is 7.17. The molecule has 0 aromatic rings. The Labute approximate surface area is 85.8 Å². The topological polar surface area (TPSA) is 41.9 Å². The van der Waals surface area contributed by atoms with Crippen molar-refractivity contribution in [2.24, 2.45) is 0 Å². The van der Waals surface area contributed by atoms with Crippen molar-refractivity contribution in [1.29, 1.82) is 0 Å². The van der Waals surface area contributed by atoms with Crippen LogP contribution in [0, 0.1) is 0 Å². The van der Waals surface area contributed by atoms with Crippen molar-refractivity contribution in [3.8, 4) is 0 Å². The molecular formula is C10H21NO3. The molecule has 0 spiro atoms. The Morgan fingerprint density at radius 1 is 1.57 bits per heavy atom. The molecule has 14 heavy (non-hydrogen) atoms. The van der Waals surface area contributed by atoms with E-state index in [1.807, 2.05) is 6.92 Å². The molecule has 0 saturated carbocycles. The summed E-state index contributed by atoms with van der Waals surface area (Å²) in [4.78, 5) is 2.28. The minimum absolute atomic E-state index is 0.186. The van der Waals surface area contributed by atoms with Gasteiger partial charge < -0.3 is 14.6 Å². The third-order valence-corrected chi connectivity index (χ3v) is 2.50. The van der Waals surface area contributed by atoms with Crippen molar-refractivity contribution >= 4 is 0 Å². The molecule has 4 nitrogen and oxygen atoms in total.